The second-order valence-corrected chi connectivity index (χ2v) is 9.68. The van der Waals surface area contributed by atoms with Gasteiger partial charge < -0.3 is 9.47 Å². The zero-order chi connectivity index (χ0) is 24.2. The van der Waals surface area contributed by atoms with Crippen molar-refractivity contribution in [2.45, 2.75) is 12.1 Å². The lowest BCUT2D eigenvalue weighted by Gasteiger charge is -2.25. The fourth-order valence-electron chi connectivity index (χ4n) is 2.93. The van der Waals surface area contributed by atoms with Crippen molar-refractivity contribution in [1.82, 2.24) is 4.98 Å². The van der Waals surface area contributed by atoms with Crippen LogP contribution in [0.2, 0.25) is 0 Å². The first-order chi connectivity index (χ1) is 16.2. The maximum atomic E-state index is 13.3. The molecule has 0 spiro atoms. The molecule has 2 aromatic carbocycles. The highest BCUT2D eigenvalue weighted by atomic mass is 32.2. The van der Waals surface area contributed by atoms with E-state index in [1.54, 1.807) is 24.3 Å². The van der Waals surface area contributed by atoms with Gasteiger partial charge in [0.1, 0.15) is 17.2 Å². The average molecular weight is 507 g/mol. The lowest BCUT2D eigenvalue weighted by atomic mass is 10.2. The van der Waals surface area contributed by atoms with Crippen LogP contribution < -0.4 is 13.8 Å². The van der Waals surface area contributed by atoms with Crippen LogP contribution in [-0.2, 0) is 16.6 Å². The Morgan fingerprint density at radius 1 is 0.853 bits per heavy atom. The first-order valence-electron chi connectivity index (χ1n) is 9.80. The number of anilines is 1. The molecule has 0 atom stereocenters. The van der Waals surface area contributed by atoms with Gasteiger partial charge >= 0.3 is 15.5 Å². The van der Waals surface area contributed by atoms with Gasteiger partial charge in [-0.15, -0.1) is 11.3 Å². The van der Waals surface area contributed by atoms with E-state index in [0.717, 1.165) is 5.06 Å². The van der Waals surface area contributed by atoms with Crippen LogP contribution in [0.15, 0.2) is 90.6 Å². The number of halogens is 3. The lowest BCUT2D eigenvalue weighted by molar-refractivity contribution is -0.0438. The number of hydrogen-bond acceptors (Lipinski definition) is 6. The highest BCUT2D eigenvalue weighted by Crippen LogP contribution is 2.34. The van der Waals surface area contributed by atoms with E-state index in [1.165, 1.54) is 60.1 Å². The van der Waals surface area contributed by atoms with Gasteiger partial charge in [0.05, 0.1) is 12.2 Å². The Hall–Kier alpha value is -3.57. The Kier molecular flexibility index (Phi) is 6.75. The van der Waals surface area contributed by atoms with Gasteiger partial charge in [0.15, 0.2) is 5.06 Å². The molecule has 2 heterocycles. The lowest BCUT2D eigenvalue weighted by Crippen LogP contribution is -2.40. The Balaban J connectivity index is 1.51. The van der Waals surface area contributed by atoms with Crippen LogP contribution in [0.25, 0.3) is 0 Å². The van der Waals surface area contributed by atoms with Gasteiger partial charge in [0.2, 0.25) is 0 Å². The number of aromatic nitrogens is 1. The van der Waals surface area contributed by atoms with E-state index >= 15 is 0 Å². The van der Waals surface area contributed by atoms with Crippen LogP contribution in [0.3, 0.4) is 0 Å². The molecule has 0 aliphatic rings. The van der Waals surface area contributed by atoms with Gasteiger partial charge in [-0.25, -0.2) is 0 Å². The topological polar surface area (TPSA) is 68.7 Å². The first-order valence-corrected chi connectivity index (χ1v) is 12.1. The molecule has 176 valence electrons. The molecule has 0 fully saturated rings. The van der Waals surface area contributed by atoms with Crippen LogP contribution in [0, 0.1) is 0 Å². The van der Waals surface area contributed by atoms with Crippen LogP contribution in [0.5, 0.6) is 22.3 Å². The molecule has 6 nitrogen and oxygen atoms in total. The number of alkyl halides is 3. The maximum absolute atomic E-state index is 13.3. The number of nitrogens with zero attached hydrogens (tertiary/aromatic N) is 2. The fourth-order valence-corrected chi connectivity index (χ4v) is 4.49. The minimum atomic E-state index is -5.64. The molecular formula is C23H17F3N2O4S2. The first kappa shape index (κ1) is 23.6. The van der Waals surface area contributed by atoms with E-state index in [4.69, 9.17) is 9.47 Å². The molecule has 34 heavy (non-hydrogen) atoms. The summed E-state index contributed by atoms with van der Waals surface area (Å²) in [7, 11) is -5.64. The molecule has 0 aliphatic carbocycles. The number of thiophene rings is 1. The van der Waals surface area contributed by atoms with E-state index < -0.39 is 22.1 Å². The molecule has 0 saturated heterocycles. The van der Waals surface area contributed by atoms with Gasteiger partial charge in [0, 0.05) is 12.4 Å². The Labute approximate surface area is 197 Å². The average Bonchev–Trinajstić information content (AvgIpc) is 3.32. The van der Waals surface area contributed by atoms with Crippen LogP contribution >= 0.6 is 11.3 Å². The maximum Gasteiger partial charge on any atom is 0.516 e. The summed E-state index contributed by atoms with van der Waals surface area (Å²) in [6.07, 6.45) is 2.75. The van der Waals surface area contributed by atoms with Crippen LogP contribution in [-0.4, -0.2) is 18.9 Å². The van der Waals surface area contributed by atoms with Crippen molar-refractivity contribution in [3.63, 3.8) is 0 Å². The summed E-state index contributed by atoms with van der Waals surface area (Å²) in [4.78, 5) is 3.83. The standard InChI is InChI=1S/C23H17F3N2O4S2/c24-23(25,26)34(29,30)28(16-17-3-1-13-27-15-17)18-5-7-19(8-6-18)31-20-9-11-21(12-10-20)32-22-4-2-14-33-22/h1-15H,16H2. The second-order valence-electron chi connectivity index (χ2n) is 6.92. The largest absolute Gasteiger partial charge is 0.516 e. The van der Waals surface area contributed by atoms with E-state index in [9.17, 15) is 21.6 Å². The van der Waals surface area contributed by atoms with Gasteiger partial charge in [0.25, 0.3) is 0 Å². The molecule has 0 radical (unpaired) electrons. The van der Waals surface area contributed by atoms with Crippen molar-refractivity contribution >= 4 is 27.0 Å². The molecule has 4 rings (SSSR count). The molecule has 2 aromatic heterocycles. The number of hydrogen-bond donors (Lipinski definition) is 0. The second kappa shape index (κ2) is 9.74. The minimum absolute atomic E-state index is 0.159. The van der Waals surface area contributed by atoms with Crippen molar-refractivity contribution in [2.24, 2.45) is 0 Å². The predicted molar refractivity (Wildman–Crippen MR) is 123 cm³/mol. The Morgan fingerprint density at radius 2 is 1.47 bits per heavy atom. The summed E-state index contributed by atoms with van der Waals surface area (Å²) in [5.41, 5.74) is -5.31. The number of rotatable bonds is 8. The van der Waals surface area contributed by atoms with Gasteiger partial charge in [-0.3, -0.25) is 9.29 Å². The van der Waals surface area contributed by atoms with Crippen LogP contribution in [0.4, 0.5) is 18.9 Å². The predicted octanol–water partition coefficient (Wildman–Crippen LogP) is 6.58. The summed E-state index contributed by atoms with van der Waals surface area (Å²) >= 11 is 1.46. The smallest absolute Gasteiger partial charge is 0.457 e. The SMILES string of the molecule is O=S(=O)(N(Cc1cccnc1)c1ccc(Oc2ccc(Oc3cccs3)cc2)cc1)C(F)(F)F. The third kappa shape index (κ3) is 5.49. The third-order valence-corrected chi connectivity index (χ3v) is 6.78. The minimum Gasteiger partial charge on any atom is -0.457 e. The van der Waals surface area contributed by atoms with Crippen molar-refractivity contribution < 1.29 is 31.1 Å². The van der Waals surface area contributed by atoms with Crippen molar-refractivity contribution in [3.8, 4) is 22.3 Å². The molecule has 0 saturated carbocycles. The van der Waals surface area contributed by atoms with Crippen molar-refractivity contribution in [1.29, 1.82) is 0 Å². The third-order valence-electron chi connectivity index (χ3n) is 4.53. The Morgan fingerprint density at radius 3 is 2.00 bits per heavy atom. The number of pyridine rings is 1. The zero-order valence-electron chi connectivity index (χ0n) is 17.3. The van der Waals surface area contributed by atoms with E-state index in [1.807, 2.05) is 17.5 Å². The van der Waals surface area contributed by atoms with Crippen molar-refractivity contribution in [3.05, 3.63) is 96.1 Å². The molecule has 0 bridgehead atoms. The van der Waals surface area contributed by atoms with Crippen LogP contribution in [0.1, 0.15) is 5.56 Å². The zero-order valence-corrected chi connectivity index (χ0v) is 19.0. The normalized spacial score (nSPS) is 11.7. The monoisotopic (exact) mass is 506 g/mol. The number of ether oxygens (including phenoxy) is 2. The van der Waals surface area contributed by atoms with Gasteiger partial charge in [-0.1, -0.05) is 6.07 Å². The summed E-state index contributed by atoms with van der Waals surface area (Å²) in [6, 6.07) is 18.8. The summed E-state index contributed by atoms with van der Waals surface area (Å²) in [5.74, 6) is 1.41. The molecule has 11 heteroatoms. The molecular weight excluding hydrogens is 489 g/mol. The van der Waals surface area contributed by atoms with Gasteiger partial charge in [-0.05, 0) is 77.7 Å². The molecule has 0 N–H and O–H groups in total. The van der Waals surface area contributed by atoms with Crippen molar-refractivity contribution in [2.75, 3.05) is 4.31 Å². The van der Waals surface area contributed by atoms with E-state index in [-0.39, 0.29) is 5.69 Å². The molecule has 0 unspecified atom stereocenters. The molecule has 4 aromatic rings. The quantitative estimate of drug-likeness (QED) is 0.270. The number of sulfonamides is 1. The summed E-state index contributed by atoms with van der Waals surface area (Å²) in [6.45, 7) is -0.526. The van der Waals surface area contributed by atoms with E-state index in [0.29, 0.717) is 27.1 Å². The summed E-state index contributed by atoms with van der Waals surface area (Å²) in [5, 5.41) is 2.64. The molecule has 0 aliphatic heterocycles. The highest BCUT2D eigenvalue weighted by Gasteiger charge is 2.50. The number of benzene rings is 2. The van der Waals surface area contributed by atoms with E-state index in [2.05, 4.69) is 4.98 Å². The Bertz CT molecular complexity index is 1310. The van der Waals surface area contributed by atoms with Gasteiger partial charge in [-0.2, -0.15) is 21.6 Å². The molecule has 0 amide bonds. The highest BCUT2D eigenvalue weighted by molar-refractivity contribution is 7.93. The summed E-state index contributed by atoms with van der Waals surface area (Å²) < 4.78 is 76.1. The fraction of sp³-hybridized carbons (Fsp3) is 0.0870.